The number of benzene rings is 2. The van der Waals surface area contributed by atoms with Gasteiger partial charge in [0.1, 0.15) is 11.6 Å². The van der Waals surface area contributed by atoms with Crippen LogP contribution in [-0.4, -0.2) is 32.1 Å². The van der Waals surface area contributed by atoms with Crippen LogP contribution in [0.2, 0.25) is 0 Å². The van der Waals surface area contributed by atoms with Crippen LogP contribution in [0.25, 0.3) is 6.08 Å². The summed E-state index contributed by atoms with van der Waals surface area (Å²) in [5.74, 6) is -0.728. The molecule has 142 valence electrons. The summed E-state index contributed by atoms with van der Waals surface area (Å²) in [6.07, 6.45) is 3.34. The number of hydrogen-bond acceptors (Lipinski definition) is 4. The Morgan fingerprint density at radius 3 is 2.63 bits per heavy atom. The summed E-state index contributed by atoms with van der Waals surface area (Å²) in [4.78, 5) is 23.5. The molecule has 1 amide bonds. The first-order valence-corrected chi connectivity index (χ1v) is 8.97. The molecule has 0 radical (unpaired) electrons. The number of hydrogen-bond donors (Lipinski definition) is 1. The highest BCUT2D eigenvalue weighted by Gasteiger charge is 2.06. The van der Waals surface area contributed by atoms with Crippen molar-refractivity contribution in [1.82, 2.24) is 5.32 Å². The lowest BCUT2D eigenvalue weighted by atomic mass is 10.1. The van der Waals surface area contributed by atoms with E-state index in [2.05, 4.69) is 21.2 Å². The van der Waals surface area contributed by atoms with Gasteiger partial charge in [0, 0.05) is 22.7 Å². The topological polar surface area (TPSA) is 64.6 Å². The number of esters is 1. The van der Waals surface area contributed by atoms with E-state index < -0.39 is 11.9 Å². The Morgan fingerprint density at radius 1 is 1.19 bits per heavy atom. The van der Waals surface area contributed by atoms with Gasteiger partial charge in [-0.25, -0.2) is 9.18 Å². The molecule has 0 fully saturated rings. The molecular weight excluding hydrogens is 417 g/mol. The van der Waals surface area contributed by atoms with Crippen molar-refractivity contribution in [1.29, 1.82) is 0 Å². The molecule has 2 rings (SSSR count). The van der Waals surface area contributed by atoms with Gasteiger partial charge in [-0.2, -0.15) is 0 Å². The van der Waals surface area contributed by atoms with E-state index in [1.807, 2.05) is 6.07 Å². The van der Waals surface area contributed by atoms with Crippen LogP contribution in [0.5, 0.6) is 5.75 Å². The Morgan fingerprint density at radius 2 is 1.93 bits per heavy atom. The Hall–Kier alpha value is -2.67. The first-order chi connectivity index (χ1) is 13.0. The first kappa shape index (κ1) is 20.6. The minimum absolute atomic E-state index is 0.303. The van der Waals surface area contributed by atoms with E-state index in [-0.39, 0.29) is 12.4 Å². The van der Waals surface area contributed by atoms with Crippen molar-refractivity contribution >= 4 is 33.9 Å². The molecule has 0 aliphatic carbocycles. The monoisotopic (exact) mass is 435 g/mol. The summed E-state index contributed by atoms with van der Waals surface area (Å²) < 4.78 is 23.8. The molecule has 0 saturated carbocycles. The van der Waals surface area contributed by atoms with Crippen molar-refractivity contribution < 1.29 is 23.5 Å². The predicted octanol–water partition coefficient (Wildman–Crippen LogP) is 3.51. The van der Waals surface area contributed by atoms with Gasteiger partial charge in [0.15, 0.2) is 6.61 Å². The van der Waals surface area contributed by atoms with Crippen molar-refractivity contribution in [2.75, 3.05) is 20.3 Å². The van der Waals surface area contributed by atoms with E-state index >= 15 is 0 Å². The summed E-state index contributed by atoms with van der Waals surface area (Å²) in [5.41, 5.74) is 1.60. The maximum Gasteiger partial charge on any atom is 0.331 e. The van der Waals surface area contributed by atoms with Crippen LogP contribution in [-0.2, 0) is 20.7 Å². The number of amides is 1. The highest BCUT2D eigenvalue weighted by molar-refractivity contribution is 9.10. The van der Waals surface area contributed by atoms with Crippen LogP contribution in [0.1, 0.15) is 11.1 Å². The molecule has 2 aromatic rings. The van der Waals surface area contributed by atoms with Crippen LogP contribution in [0.3, 0.4) is 0 Å². The number of methoxy groups -OCH3 is 1. The van der Waals surface area contributed by atoms with Crippen molar-refractivity contribution in [2.45, 2.75) is 6.42 Å². The van der Waals surface area contributed by atoms with Gasteiger partial charge < -0.3 is 14.8 Å². The van der Waals surface area contributed by atoms with Crippen LogP contribution in [0, 0.1) is 5.82 Å². The minimum atomic E-state index is -0.634. The van der Waals surface area contributed by atoms with Crippen molar-refractivity contribution in [2.24, 2.45) is 0 Å². The smallest absolute Gasteiger partial charge is 0.331 e. The summed E-state index contributed by atoms with van der Waals surface area (Å²) in [6.45, 7) is -0.00466. The molecule has 0 saturated heterocycles. The normalized spacial score (nSPS) is 10.6. The fourth-order valence-electron chi connectivity index (χ4n) is 2.23. The first-order valence-electron chi connectivity index (χ1n) is 8.17. The zero-order chi connectivity index (χ0) is 19.6. The maximum atomic E-state index is 12.8. The van der Waals surface area contributed by atoms with E-state index in [4.69, 9.17) is 9.47 Å². The van der Waals surface area contributed by atoms with E-state index in [1.54, 1.807) is 30.3 Å². The molecule has 0 aromatic heterocycles. The SMILES string of the molecule is COc1ccc(Br)cc1/C=C/C(=O)OCC(=O)NCCc1ccc(F)cc1. The lowest BCUT2D eigenvalue weighted by molar-refractivity contribution is -0.143. The number of nitrogens with one attached hydrogen (secondary N) is 1. The maximum absolute atomic E-state index is 12.8. The zero-order valence-corrected chi connectivity index (χ0v) is 16.3. The van der Waals surface area contributed by atoms with Crippen molar-refractivity contribution in [3.63, 3.8) is 0 Å². The Bertz CT molecular complexity index is 821. The Labute approximate surface area is 165 Å². The molecule has 5 nitrogen and oxygen atoms in total. The molecule has 0 unspecified atom stereocenters. The van der Waals surface area contributed by atoms with Crippen LogP contribution < -0.4 is 10.1 Å². The van der Waals surface area contributed by atoms with E-state index in [9.17, 15) is 14.0 Å². The predicted molar refractivity (Wildman–Crippen MR) is 104 cm³/mol. The van der Waals surface area contributed by atoms with E-state index in [1.165, 1.54) is 25.3 Å². The molecule has 0 bridgehead atoms. The third kappa shape index (κ3) is 7.22. The van der Waals surface area contributed by atoms with Gasteiger partial charge in [0.05, 0.1) is 7.11 Å². The molecule has 7 heteroatoms. The average molecular weight is 436 g/mol. The Balaban J connectivity index is 1.74. The van der Waals surface area contributed by atoms with Gasteiger partial charge in [-0.05, 0) is 48.4 Å². The molecule has 0 aliphatic rings. The lowest BCUT2D eigenvalue weighted by Crippen LogP contribution is -2.30. The second-order valence-corrected chi connectivity index (χ2v) is 6.47. The molecular formula is C20H19BrFNO4. The van der Waals surface area contributed by atoms with Crippen molar-refractivity contribution in [3.05, 3.63) is 70.0 Å². The highest BCUT2D eigenvalue weighted by atomic mass is 79.9. The molecule has 0 aliphatic heterocycles. The molecule has 1 N–H and O–H groups in total. The number of carbonyl (C=O) groups is 2. The van der Waals surface area contributed by atoms with Crippen LogP contribution in [0.4, 0.5) is 4.39 Å². The fraction of sp³-hybridized carbons (Fsp3) is 0.200. The summed E-state index contributed by atoms with van der Waals surface area (Å²) in [5, 5.41) is 2.64. The third-order valence-corrected chi connectivity index (χ3v) is 4.08. The summed E-state index contributed by atoms with van der Waals surface area (Å²) in [7, 11) is 1.54. The number of halogens is 2. The lowest BCUT2D eigenvalue weighted by Gasteiger charge is -2.06. The molecule has 0 atom stereocenters. The second kappa shape index (κ2) is 10.5. The van der Waals surface area contributed by atoms with Gasteiger partial charge >= 0.3 is 5.97 Å². The highest BCUT2D eigenvalue weighted by Crippen LogP contribution is 2.24. The average Bonchev–Trinajstić information content (AvgIpc) is 2.66. The quantitative estimate of drug-likeness (QED) is 0.508. The van der Waals surface area contributed by atoms with E-state index in [0.717, 1.165) is 10.0 Å². The largest absolute Gasteiger partial charge is 0.496 e. The van der Waals surface area contributed by atoms with Crippen LogP contribution in [0.15, 0.2) is 53.0 Å². The second-order valence-electron chi connectivity index (χ2n) is 5.55. The molecule has 27 heavy (non-hydrogen) atoms. The molecule has 2 aromatic carbocycles. The Kier molecular flexibility index (Phi) is 8.00. The summed E-state index contributed by atoms with van der Waals surface area (Å²) in [6, 6.07) is 11.4. The molecule has 0 spiro atoms. The van der Waals surface area contributed by atoms with Gasteiger partial charge in [-0.15, -0.1) is 0 Å². The van der Waals surface area contributed by atoms with Crippen LogP contribution >= 0.6 is 15.9 Å². The van der Waals surface area contributed by atoms with Crippen molar-refractivity contribution in [3.8, 4) is 5.75 Å². The minimum Gasteiger partial charge on any atom is -0.496 e. The number of ether oxygens (including phenoxy) is 2. The van der Waals surface area contributed by atoms with Gasteiger partial charge in [0.2, 0.25) is 0 Å². The van der Waals surface area contributed by atoms with Gasteiger partial charge in [-0.1, -0.05) is 28.1 Å². The third-order valence-electron chi connectivity index (χ3n) is 3.59. The number of rotatable bonds is 8. The molecule has 0 heterocycles. The standard InChI is InChI=1S/C20H19BrFNO4/c1-26-18-8-5-16(21)12-15(18)4-9-20(25)27-13-19(24)23-11-10-14-2-6-17(22)7-3-14/h2-9,12H,10-11,13H2,1H3,(H,23,24)/b9-4+. The number of carbonyl (C=O) groups excluding carboxylic acids is 2. The fourth-order valence-corrected chi connectivity index (χ4v) is 2.61. The van der Waals surface area contributed by atoms with Gasteiger partial charge in [-0.3, -0.25) is 4.79 Å². The van der Waals surface area contributed by atoms with Gasteiger partial charge in [0.25, 0.3) is 5.91 Å². The zero-order valence-electron chi connectivity index (χ0n) is 14.7. The van der Waals surface area contributed by atoms with E-state index in [0.29, 0.717) is 24.3 Å². The summed E-state index contributed by atoms with van der Waals surface area (Å²) >= 11 is 3.35.